The summed E-state index contributed by atoms with van der Waals surface area (Å²) in [5.74, 6) is -0.253. The van der Waals surface area contributed by atoms with E-state index in [0.717, 1.165) is 21.4 Å². The zero-order valence-electron chi connectivity index (χ0n) is 11.8. The standard InChI is InChI=1S/C12H13BrN4O3S2/c1-3-10(18)14-11-15-16-12(21-11)22(19,20)17-8-4-5-9(13)7(2)6-8/h4-6,17H,3H2,1-2H3,(H,14,15,18). The first-order chi connectivity index (χ1) is 10.3. The van der Waals surface area contributed by atoms with Crippen LogP contribution in [0.25, 0.3) is 0 Å². The van der Waals surface area contributed by atoms with Gasteiger partial charge >= 0.3 is 0 Å². The van der Waals surface area contributed by atoms with Crippen molar-refractivity contribution in [3.63, 3.8) is 0 Å². The van der Waals surface area contributed by atoms with Crippen molar-refractivity contribution in [2.45, 2.75) is 24.6 Å². The van der Waals surface area contributed by atoms with Gasteiger partial charge in [0.2, 0.25) is 11.0 Å². The van der Waals surface area contributed by atoms with E-state index in [4.69, 9.17) is 0 Å². The Morgan fingerprint density at radius 3 is 2.73 bits per heavy atom. The van der Waals surface area contributed by atoms with Crippen molar-refractivity contribution in [2.24, 2.45) is 0 Å². The second-order valence-electron chi connectivity index (χ2n) is 4.34. The monoisotopic (exact) mass is 404 g/mol. The van der Waals surface area contributed by atoms with Crippen molar-refractivity contribution in [3.8, 4) is 0 Å². The van der Waals surface area contributed by atoms with Gasteiger partial charge in [0.05, 0.1) is 0 Å². The van der Waals surface area contributed by atoms with Crippen molar-refractivity contribution in [3.05, 3.63) is 28.2 Å². The Hall–Kier alpha value is -1.52. The number of aromatic nitrogens is 2. The van der Waals surface area contributed by atoms with Crippen molar-refractivity contribution in [1.82, 2.24) is 10.2 Å². The van der Waals surface area contributed by atoms with E-state index in [2.05, 4.69) is 36.2 Å². The van der Waals surface area contributed by atoms with Crippen LogP contribution in [0.5, 0.6) is 0 Å². The minimum Gasteiger partial charge on any atom is -0.301 e. The number of nitrogens with zero attached hydrogens (tertiary/aromatic N) is 2. The van der Waals surface area contributed by atoms with Crippen LogP contribution < -0.4 is 10.0 Å². The molecule has 0 aliphatic rings. The highest BCUT2D eigenvalue weighted by Gasteiger charge is 2.21. The Kier molecular flexibility index (Phi) is 5.14. The zero-order chi connectivity index (χ0) is 16.3. The van der Waals surface area contributed by atoms with Crippen LogP contribution in [0, 0.1) is 6.92 Å². The summed E-state index contributed by atoms with van der Waals surface area (Å²) in [6.07, 6.45) is 0.276. The summed E-state index contributed by atoms with van der Waals surface area (Å²) >= 11 is 4.15. The fraction of sp³-hybridized carbons (Fsp3) is 0.250. The van der Waals surface area contributed by atoms with Crippen LogP contribution in [0.1, 0.15) is 18.9 Å². The van der Waals surface area contributed by atoms with Gasteiger partial charge < -0.3 is 5.32 Å². The van der Waals surface area contributed by atoms with Crippen molar-refractivity contribution >= 4 is 54.0 Å². The van der Waals surface area contributed by atoms with E-state index in [9.17, 15) is 13.2 Å². The van der Waals surface area contributed by atoms with E-state index in [1.807, 2.05) is 6.92 Å². The number of aryl methyl sites for hydroxylation is 1. The number of hydrogen-bond acceptors (Lipinski definition) is 6. The summed E-state index contributed by atoms with van der Waals surface area (Å²) < 4.78 is 27.6. The average molecular weight is 405 g/mol. The minimum atomic E-state index is -3.84. The fourth-order valence-electron chi connectivity index (χ4n) is 1.48. The Balaban J connectivity index is 2.19. The summed E-state index contributed by atoms with van der Waals surface area (Å²) in [5, 5.41) is 9.88. The maximum atomic E-state index is 12.2. The van der Waals surface area contributed by atoms with Crippen LogP contribution in [0.4, 0.5) is 10.8 Å². The molecule has 1 aromatic heterocycles. The number of rotatable bonds is 5. The second-order valence-corrected chi connectivity index (χ2v) is 8.03. The number of carbonyl (C=O) groups is 1. The Morgan fingerprint density at radius 2 is 2.09 bits per heavy atom. The third-order valence-electron chi connectivity index (χ3n) is 2.61. The molecular weight excluding hydrogens is 392 g/mol. The molecule has 0 aliphatic heterocycles. The molecule has 2 N–H and O–H groups in total. The summed E-state index contributed by atoms with van der Waals surface area (Å²) in [6.45, 7) is 3.54. The van der Waals surface area contributed by atoms with E-state index >= 15 is 0 Å². The Morgan fingerprint density at radius 1 is 1.36 bits per heavy atom. The van der Waals surface area contributed by atoms with Gasteiger partial charge in [-0.05, 0) is 30.7 Å². The quantitative estimate of drug-likeness (QED) is 0.745. The fourth-order valence-corrected chi connectivity index (χ4v) is 3.70. The SMILES string of the molecule is CCC(=O)Nc1nnc(S(=O)(=O)Nc2ccc(Br)c(C)c2)s1. The Labute approximate surface area is 140 Å². The third kappa shape index (κ3) is 4.02. The van der Waals surface area contributed by atoms with Crippen LogP contribution in [-0.2, 0) is 14.8 Å². The smallest absolute Gasteiger partial charge is 0.291 e. The van der Waals surface area contributed by atoms with E-state index in [1.165, 1.54) is 0 Å². The van der Waals surface area contributed by atoms with Crippen molar-refractivity contribution in [1.29, 1.82) is 0 Å². The maximum absolute atomic E-state index is 12.2. The van der Waals surface area contributed by atoms with Crippen LogP contribution in [0.3, 0.4) is 0 Å². The topological polar surface area (TPSA) is 101 Å². The molecule has 1 amide bonds. The first kappa shape index (κ1) is 16.8. The van der Waals surface area contributed by atoms with Gasteiger partial charge in [0.15, 0.2) is 0 Å². The molecule has 0 saturated carbocycles. The molecule has 0 radical (unpaired) electrons. The summed E-state index contributed by atoms with van der Waals surface area (Å²) in [5.41, 5.74) is 1.32. The molecular formula is C12H13BrN4O3S2. The Bertz CT molecular complexity index is 804. The zero-order valence-corrected chi connectivity index (χ0v) is 15.0. The number of amides is 1. The van der Waals surface area contributed by atoms with Crippen LogP contribution >= 0.6 is 27.3 Å². The highest BCUT2D eigenvalue weighted by Crippen LogP contribution is 2.25. The molecule has 0 spiro atoms. The van der Waals surface area contributed by atoms with Gasteiger partial charge in [-0.3, -0.25) is 9.52 Å². The highest BCUT2D eigenvalue weighted by molar-refractivity contribution is 9.10. The summed E-state index contributed by atoms with van der Waals surface area (Å²) in [4.78, 5) is 11.3. The summed E-state index contributed by atoms with van der Waals surface area (Å²) in [7, 11) is -3.84. The lowest BCUT2D eigenvalue weighted by molar-refractivity contribution is -0.115. The average Bonchev–Trinajstić information content (AvgIpc) is 2.92. The number of carbonyl (C=O) groups excluding carboxylic acids is 1. The molecule has 118 valence electrons. The maximum Gasteiger partial charge on any atom is 0.291 e. The molecule has 0 bridgehead atoms. The van der Waals surface area contributed by atoms with Gasteiger partial charge in [0, 0.05) is 16.6 Å². The van der Waals surface area contributed by atoms with E-state index in [1.54, 1.807) is 25.1 Å². The summed E-state index contributed by atoms with van der Waals surface area (Å²) in [6, 6.07) is 5.08. The third-order valence-corrected chi connectivity index (χ3v) is 6.09. The first-order valence-corrected chi connectivity index (χ1v) is 9.33. The molecule has 0 aliphatic carbocycles. The number of halogens is 1. The molecule has 0 atom stereocenters. The van der Waals surface area contributed by atoms with Crippen molar-refractivity contribution in [2.75, 3.05) is 10.0 Å². The molecule has 10 heteroatoms. The number of sulfonamides is 1. The van der Waals surface area contributed by atoms with Gasteiger partial charge in [-0.1, -0.05) is 34.2 Å². The molecule has 0 saturated heterocycles. The van der Waals surface area contributed by atoms with E-state index in [0.29, 0.717) is 5.69 Å². The normalized spacial score (nSPS) is 11.2. The van der Waals surface area contributed by atoms with Crippen LogP contribution in [0.15, 0.2) is 27.0 Å². The molecule has 2 rings (SSSR count). The minimum absolute atomic E-state index is 0.152. The van der Waals surface area contributed by atoms with E-state index in [-0.39, 0.29) is 21.8 Å². The van der Waals surface area contributed by atoms with Gasteiger partial charge in [-0.25, -0.2) is 0 Å². The first-order valence-electron chi connectivity index (χ1n) is 6.24. The highest BCUT2D eigenvalue weighted by atomic mass is 79.9. The molecule has 7 nitrogen and oxygen atoms in total. The predicted molar refractivity (Wildman–Crippen MR) is 88.5 cm³/mol. The van der Waals surface area contributed by atoms with E-state index < -0.39 is 10.0 Å². The largest absolute Gasteiger partial charge is 0.301 e. The second kappa shape index (κ2) is 6.71. The number of nitrogens with one attached hydrogen (secondary N) is 2. The van der Waals surface area contributed by atoms with Crippen molar-refractivity contribution < 1.29 is 13.2 Å². The van der Waals surface area contributed by atoms with Gasteiger partial charge in [0.1, 0.15) is 0 Å². The number of hydrogen-bond donors (Lipinski definition) is 2. The number of anilines is 2. The molecule has 1 heterocycles. The van der Waals surface area contributed by atoms with Crippen LogP contribution in [0.2, 0.25) is 0 Å². The lowest BCUT2D eigenvalue weighted by Gasteiger charge is -2.06. The molecule has 1 aromatic carbocycles. The lowest BCUT2D eigenvalue weighted by Crippen LogP contribution is -2.12. The molecule has 22 heavy (non-hydrogen) atoms. The number of benzene rings is 1. The lowest BCUT2D eigenvalue weighted by atomic mass is 10.2. The van der Waals surface area contributed by atoms with Gasteiger partial charge in [-0.2, -0.15) is 8.42 Å². The predicted octanol–water partition coefficient (Wildman–Crippen LogP) is 2.76. The van der Waals surface area contributed by atoms with Crippen LogP contribution in [-0.4, -0.2) is 24.5 Å². The molecule has 0 unspecified atom stereocenters. The van der Waals surface area contributed by atoms with Gasteiger partial charge in [-0.15, -0.1) is 10.2 Å². The molecule has 0 fully saturated rings. The van der Waals surface area contributed by atoms with Gasteiger partial charge in [0.25, 0.3) is 14.4 Å². The molecule has 2 aromatic rings.